The Kier molecular flexibility index (Phi) is 5.80. The Morgan fingerprint density at radius 2 is 0.793 bits per heavy atom. The highest BCUT2D eigenvalue weighted by molar-refractivity contribution is 7.25. The molecule has 0 amide bonds. The molecule has 4 heteroatoms. The van der Waals surface area contributed by atoms with Gasteiger partial charge in [0.05, 0.1) is 11.0 Å². The lowest BCUT2D eigenvalue weighted by atomic mass is 9.98. The Bertz CT molecular complexity index is 3760. The largest absolute Gasteiger partial charge is 0.456 e. The first-order chi connectivity index (χ1) is 32.1. The minimum absolute atomic E-state index is 0.0626. The topological polar surface area (TPSA) is 29.5 Å². The second kappa shape index (κ2) is 13.1. The number of para-hydroxylation sites is 2. The summed E-state index contributed by atoms with van der Waals surface area (Å²) in [5.74, 6) is 0. The van der Waals surface area contributed by atoms with Crippen molar-refractivity contribution in [1.82, 2.24) is 0 Å². The fourth-order valence-corrected chi connectivity index (χ4v) is 9.38. The predicted octanol–water partition coefficient (Wildman–Crippen LogP) is 16.3. The van der Waals surface area contributed by atoms with Gasteiger partial charge in [-0.2, -0.15) is 0 Å². The molecule has 272 valence electrons. The molecule has 0 saturated heterocycles. The van der Waals surface area contributed by atoms with Crippen molar-refractivity contribution in [2.45, 2.75) is 0 Å². The van der Waals surface area contributed by atoms with Crippen molar-refractivity contribution in [3.8, 4) is 33.4 Å². The van der Waals surface area contributed by atoms with E-state index in [9.17, 15) is 11.0 Å². The zero-order valence-electron chi connectivity index (χ0n) is 38.6. The first-order valence-electron chi connectivity index (χ1n) is 22.9. The highest BCUT2D eigenvalue weighted by Gasteiger charge is 2.18. The van der Waals surface area contributed by atoms with Crippen molar-refractivity contribution in [3.63, 3.8) is 0 Å². The number of benzene rings is 9. The molecule has 12 rings (SSSR count). The number of nitrogens with zero attached hydrogens (tertiary/aromatic N) is 1. The normalized spacial score (nSPS) is 13.7. The van der Waals surface area contributed by atoms with Crippen LogP contribution in [0.1, 0.15) is 11.0 Å². The summed E-state index contributed by atoms with van der Waals surface area (Å²) in [6.45, 7) is 0. The van der Waals surface area contributed by atoms with Gasteiger partial charge in [0, 0.05) is 58.8 Å². The van der Waals surface area contributed by atoms with Gasteiger partial charge >= 0.3 is 0 Å². The number of fused-ring (bicyclic) bond motifs is 9. The predicted molar refractivity (Wildman–Crippen MR) is 245 cm³/mol. The average molecular weight is 768 g/mol. The van der Waals surface area contributed by atoms with Crippen molar-refractivity contribution in [2.24, 2.45) is 0 Å². The third-order valence-electron chi connectivity index (χ3n) is 10.9. The van der Waals surface area contributed by atoms with Gasteiger partial charge in [-0.15, -0.1) is 11.3 Å². The van der Waals surface area contributed by atoms with E-state index < -0.39 is 24.2 Å². The molecule has 0 saturated carbocycles. The zero-order chi connectivity index (χ0) is 45.1. The average Bonchev–Trinajstić information content (AvgIpc) is 4.04. The second-order valence-electron chi connectivity index (χ2n) is 14.2. The highest BCUT2D eigenvalue weighted by atomic mass is 32.1. The van der Waals surface area contributed by atoms with Crippen LogP contribution in [0.2, 0.25) is 0 Å². The molecule has 12 aromatic rings. The maximum absolute atomic E-state index is 9.71. The summed E-state index contributed by atoms with van der Waals surface area (Å²) in [6.07, 6.45) is 0. The number of rotatable bonds is 6. The van der Waals surface area contributed by atoms with E-state index in [0.717, 1.165) is 42.1 Å². The molecular weight excluding hydrogens is 727 g/mol. The monoisotopic (exact) mass is 767 g/mol. The third-order valence-corrected chi connectivity index (χ3v) is 12.0. The van der Waals surface area contributed by atoms with Crippen LogP contribution in [0.3, 0.4) is 0 Å². The van der Waals surface area contributed by atoms with Crippen LogP contribution in [-0.2, 0) is 0 Å². The van der Waals surface area contributed by atoms with Crippen LogP contribution < -0.4 is 4.90 Å². The lowest BCUT2D eigenvalue weighted by Gasteiger charge is -2.26. The Morgan fingerprint density at radius 1 is 0.345 bits per heavy atom. The standard InChI is InChI=1S/C54H33NO2S/c1-4-16-46-43(10-1)52-40(13-7-18-48(52)56-46)34-22-28-37(29-23-34)55(38-30-24-35(25-31-38)41-14-8-19-49-53(41)44-11-2-5-17-47(44)57-49)39-32-26-36(27-33-39)42-15-9-21-51-54(42)45-12-3-6-20-50(45)58-51/h1-33H/i22D,23D,24D,25D,28D,29D,30D,31D. The number of furan rings is 2. The van der Waals surface area contributed by atoms with E-state index >= 15 is 0 Å². The van der Waals surface area contributed by atoms with Gasteiger partial charge in [0.25, 0.3) is 0 Å². The molecule has 58 heavy (non-hydrogen) atoms. The maximum atomic E-state index is 9.71. The first kappa shape index (κ1) is 25.7. The minimum Gasteiger partial charge on any atom is -0.456 e. The zero-order valence-corrected chi connectivity index (χ0v) is 31.4. The summed E-state index contributed by atoms with van der Waals surface area (Å²) < 4.78 is 91.7. The molecule has 3 nitrogen and oxygen atoms in total. The fraction of sp³-hybridized carbons (Fsp3) is 0. The molecule has 0 bridgehead atoms. The summed E-state index contributed by atoms with van der Waals surface area (Å²) in [5.41, 5.74) is 5.07. The Morgan fingerprint density at radius 3 is 1.36 bits per heavy atom. The van der Waals surface area contributed by atoms with Gasteiger partial charge in [0.15, 0.2) is 0 Å². The van der Waals surface area contributed by atoms with Crippen LogP contribution >= 0.6 is 11.3 Å². The van der Waals surface area contributed by atoms with Crippen LogP contribution in [-0.4, -0.2) is 0 Å². The number of thiophene rings is 1. The summed E-state index contributed by atoms with van der Waals surface area (Å²) in [5, 5.41) is 5.06. The van der Waals surface area contributed by atoms with Crippen LogP contribution in [0.15, 0.2) is 209 Å². The molecule has 0 N–H and O–H groups in total. The molecule has 3 heterocycles. The van der Waals surface area contributed by atoms with E-state index in [1.165, 1.54) is 4.90 Å². The van der Waals surface area contributed by atoms with Gasteiger partial charge in [-0.3, -0.25) is 0 Å². The van der Waals surface area contributed by atoms with E-state index in [4.69, 9.17) is 8.83 Å². The van der Waals surface area contributed by atoms with Crippen LogP contribution in [0.5, 0.6) is 0 Å². The number of hydrogen-bond acceptors (Lipinski definition) is 4. The van der Waals surface area contributed by atoms with E-state index in [-0.39, 0.29) is 46.7 Å². The SMILES string of the molecule is [2H]c1c([2H])c(N(c2ccc(-c3cccc4sc5ccccc5c34)cc2)c2c([2H])c([2H])c(-c3cccc4oc5ccccc5c34)c([2H])c2[2H])c([2H])c([2H])c1-c1cccc2oc3ccccc3c12. The molecule has 0 aliphatic heterocycles. The number of anilines is 3. The first-order valence-corrected chi connectivity index (χ1v) is 19.7. The van der Waals surface area contributed by atoms with Gasteiger partial charge in [0.1, 0.15) is 22.3 Å². The third kappa shape index (κ3) is 5.19. The maximum Gasteiger partial charge on any atom is 0.136 e. The smallest absolute Gasteiger partial charge is 0.136 e. The van der Waals surface area contributed by atoms with Crippen LogP contribution in [0, 0.1) is 0 Å². The lowest BCUT2D eigenvalue weighted by molar-refractivity contribution is 0.668. The minimum atomic E-state index is -0.426. The van der Waals surface area contributed by atoms with Crippen molar-refractivity contribution >= 4 is 92.4 Å². The molecule has 0 fully saturated rings. The Hall–Kier alpha value is -7.40. The van der Waals surface area contributed by atoms with Crippen LogP contribution in [0.25, 0.3) is 97.4 Å². The highest BCUT2D eigenvalue weighted by Crippen LogP contribution is 2.44. The fourth-order valence-electron chi connectivity index (χ4n) is 8.25. The van der Waals surface area contributed by atoms with Gasteiger partial charge in [-0.25, -0.2) is 0 Å². The molecule has 0 aliphatic rings. The van der Waals surface area contributed by atoms with E-state index in [1.807, 2.05) is 78.9 Å². The Balaban J connectivity index is 1.10. The lowest BCUT2D eigenvalue weighted by Crippen LogP contribution is -2.09. The molecular formula is C54H33NO2S. The molecule has 9 aromatic carbocycles. The quantitative estimate of drug-likeness (QED) is 0.169. The van der Waals surface area contributed by atoms with Gasteiger partial charge < -0.3 is 13.7 Å². The van der Waals surface area contributed by atoms with E-state index in [0.29, 0.717) is 49.9 Å². The summed E-state index contributed by atoms with van der Waals surface area (Å²) in [6, 6.07) is 44.3. The molecule has 0 unspecified atom stereocenters. The number of hydrogen-bond donors (Lipinski definition) is 0. The van der Waals surface area contributed by atoms with Crippen molar-refractivity contribution in [3.05, 3.63) is 200 Å². The van der Waals surface area contributed by atoms with Gasteiger partial charge in [0.2, 0.25) is 0 Å². The van der Waals surface area contributed by atoms with Crippen LogP contribution in [0.4, 0.5) is 17.1 Å². The van der Waals surface area contributed by atoms with Gasteiger partial charge in [-0.1, -0.05) is 127 Å². The van der Waals surface area contributed by atoms with E-state index in [2.05, 4.69) is 24.3 Å². The second-order valence-corrected chi connectivity index (χ2v) is 15.2. The van der Waals surface area contributed by atoms with Crippen molar-refractivity contribution in [1.29, 1.82) is 0 Å². The van der Waals surface area contributed by atoms with E-state index in [1.54, 1.807) is 59.9 Å². The molecule has 3 aromatic heterocycles. The van der Waals surface area contributed by atoms with Crippen molar-refractivity contribution < 1.29 is 19.8 Å². The molecule has 0 spiro atoms. The van der Waals surface area contributed by atoms with Crippen molar-refractivity contribution in [2.75, 3.05) is 4.90 Å². The molecule has 0 atom stereocenters. The molecule has 0 radical (unpaired) electrons. The summed E-state index contributed by atoms with van der Waals surface area (Å²) >= 11 is 1.71. The summed E-state index contributed by atoms with van der Waals surface area (Å²) in [4.78, 5) is 1.35. The van der Waals surface area contributed by atoms with Gasteiger partial charge in [-0.05, 0) is 106 Å². The Labute approximate surface area is 349 Å². The summed E-state index contributed by atoms with van der Waals surface area (Å²) in [7, 11) is 0. The molecule has 0 aliphatic carbocycles.